The third-order valence-electron chi connectivity index (χ3n) is 4.60. The molecule has 1 fully saturated rings. The van der Waals surface area contributed by atoms with Gasteiger partial charge in [-0.3, -0.25) is 0 Å². The van der Waals surface area contributed by atoms with Crippen molar-refractivity contribution >= 4 is 5.96 Å². The van der Waals surface area contributed by atoms with Crippen LogP contribution in [0.4, 0.5) is 4.39 Å². The van der Waals surface area contributed by atoms with Crippen LogP contribution >= 0.6 is 0 Å². The van der Waals surface area contributed by atoms with E-state index in [-0.39, 0.29) is 5.82 Å². The number of aromatic nitrogens is 3. The zero-order valence-corrected chi connectivity index (χ0v) is 14.8. The largest absolute Gasteiger partial charge is 0.354 e. The van der Waals surface area contributed by atoms with Gasteiger partial charge in [-0.2, -0.15) is 0 Å². The van der Waals surface area contributed by atoms with Gasteiger partial charge >= 0.3 is 0 Å². The van der Waals surface area contributed by atoms with Crippen LogP contribution in [0.2, 0.25) is 0 Å². The number of hydrogen-bond acceptors (Lipinski definition) is 3. The molecule has 6 nitrogen and oxygen atoms in total. The Morgan fingerprint density at radius 2 is 2.12 bits per heavy atom. The standard InChI is InChI=1S/C18H25FN6/c1-13-23-24-17(25(13)2)12-21-18(22-16-8-3-4-9-16)20-11-14-6-5-7-15(19)10-14/h5-7,10,16H,3-4,8-9,11-12H2,1-2H3,(H2,20,21,22). The van der Waals surface area contributed by atoms with Crippen LogP contribution in [0.5, 0.6) is 0 Å². The van der Waals surface area contributed by atoms with Crippen molar-refractivity contribution in [3.8, 4) is 0 Å². The van der Waals surface area contributed by atoms with Crippen LogP contribution in [0, 0.1) is 12.7 Å². The summed E-state index contributed by atoms with van der Waals surface area (Å²) in [5, 5.41) is 15.0. The fourth-order valence-electron chi connectivity index (χ4n) is 2.99. The minimum absolute atomic E-state index is 0.236. The monoisotopic (exact) mass is 344 g/mol. The predicted molar refractivity (Wildman–Crippen MR) is 95.5 cm³/mol. The summed E-state index contributed by atoms with van der Waals surface area (Å²) in [4.78, 5) is 4.62. The Bertz CT molecular complexity index is 733. The van der Waals surface area contributed by atoms with Crippen LogP contribution in [0.1, 0.15) is 42.9 Å². The first kappa shape index (κ1) is 17.4. The molecule has 3 rings (SSSR count). The first-order valence-corrected chi connectivity index (χ1v) is 8.76. The summed E-state index contributed by atoms with van der Waals surface area (Å²) in [5.41, 5.74) is 0.849. The molecule has 1 heterocycles. The molecular weight excluding hydrogens is 319 g/mol. The molecule has 1 aromatic carbocycles. The van der Waals surface area contributed by atoms with Crippen molar-refractivity contribution in [2.45, 2.75) is 51.7 Å². The molecular formula is C18H25FN6. The molecule has 0 aliphatic heterocycles. The molecule has 2 N–H and O–H groups in total. The second kappa shape index (κ2) is 8.09. The van der Waals surface area contributed by atoms with Crippen LogP contribution in [-0.2, 0) is 20.1 Å². The lowest BCUT2D eigenvalue weighted by Crippen LogP contribution is -2.42. The van der Waals surface area contributed by atoms with Gasteiger partial charge in [0.15, 0.2) is 11.8 Å². The molecule has 1 aromatic heterocycles. The smallest absolute Gasteiger partial charge is 0.192 e. The Morgan fingerprint density at radius 1 is 1.32 bits per heavy atom. The Hall–Kier alpha value is -2.44. The fraction of sp³-hybridized carbons (Fsp3) is 0.500. The van der Waals surface area contributed by atoms with Crippen LogP contribution in [0.25, 0.3) is 0 Å². The normalized spacial score (nSPS) is 15.6. The van der Waals surface area contributed by atoms with Gasteiger partial charge in [-0.1, -0.05) is 25.0 Å². The van der Waals surface area contributed by atoms with Gasteiger partial charge < -0.3 is 15.2 Å². The molecule has 0 amide bonds. The van der Waals surface area contributed by atoms with Gasteiger partial charge in [0.1, 0.15) is 11.6 Å². The highest BCUT2D eigenvalue weighted by molar-refractivity contribution is 5.80. The Balaban J connectivity index is 1.67. The van der Waals surface area contributed by atoms with E-state index in [4.69, 9.17) is 0 Å². The summed E-state index contributed by atoms with van der Waals surface area (Å²) in [6, 6.07) is 6.99. The topological polar surface area (TPSA) is 67.1 Å². The molecule has 134 valence electrons. The predicted octanol–water partition coefficient (Wildman–Crippen LogP) is 2.44. The van der Waals surface area contributed by atoms with E-state index in [1.165, 1.54) is 25.0 Å². The third-order valence-corrected chi connectivity index (χ3v) is 4.60. The van der Waals surface area contributed by atoms with Gasteiger partial charge in [0, 0.05) is 13.1 Å². The average Bonchev–Trinajstić information content (AvgIpc) is 3.22. The third kappa shape index (κ3) is 4.78. The van der Waals surface area contributed by atoms with Crippen molar-refractivity contribution in [3.05, 3.63) is 47.3 Å². The molecule has 0 saturated heterocycles. The van der Waals surface area contributed by atoms with Crippen molar-refractivity contribution in [2.24, 2.45) is 12.0 Å². The molecule has 0 radical (unpaired) electrons. The lowest BCUT2D eigenvalue weighted by Gasteiger charge is -2.17. The van der Waals surface area contributed by atoms with Gasteiger partial charge in [0.25, 0.3) is 0 Å². The van der Waals surface area contributed by atoms with Crippen molar-refractivity contribution < 1.29 is 4.39 Å². The van der Waals surface area contributed by atoms with Crippen molar-refractivity contribution in [2.75, 3.05) is 0 Å². The van der Waals surface area contributed by atoms with Crippen LogP contribution < -0.4 is 10.6 Å². The van der Waals surface area contributed by atoms with E-state index < -0.39 is 0 Å². The molecule has 0 bridgehead atoms. The van der Waals surface area contributed by atoms with E-state index in [0.717, 1.165) is 36.0 Å². The summed E-state index contributed by atoms with van der Waals surface area (Å²) in [5.74, 6) is 2.22. The number of halogens is 1. The maximum atomic E-state index is 13.3. The summed E-state index contributed by atoms with van der Waals surface area (Å²) in [6.45, 7) is 2.89. The number of benzene rings is 1. The molecule has 0 unspecified atom stereocenters. The first-order valence-electron chi connectivity index (χ1n) is 8.76. The number of nitrogens with zero attached hydrogens (tertiary/aromatic N) is 4. The van der Waals surface area contributed by atoms with E-state index in [2.05, 4.69) is 25.8 Å². The van der Waals surface area contributed by atoms with Gasteiger partial charge in [-0.25, -0.2) is 9.38 Å². The zero-order valence-electron chi connectivity index (χ0n) is 14.8. The van der Waals surface area contributed by atoms with Gasteiger partial charge in [-0.05, 0) is 37.5 Å². The van der Waals surface area contributed by atoms with E-state index in [1.807, 2.05) is 24.6 Å². The van der Waals surface area contributed by atoms with Gasteiger partial charge in [0.05, 0.1) is 13.1 Å². The number of hydrogen-bond donors (Lipinski definition) is 2. The summed E-state index contributed by atoms with van der Waals surface area (Å²) in [7, 11) is 1.94. The minimum atomic E-state index is -0.236. The number of guanidine groups is 1. The van der Waals surface area contributed by atoms with E-state index in [1.54, 1.807) is 6.07 Å². The van der Waals surface area contributed by atoms with Gasteiger partial charge in [-0.15, -0.1) is 10.2 Å². The molecule has 2 aromatic rings. The molecule has 0 atom stereocenters. The lowest BCUT2D eigenvalue weighted by molar-refractivity contribution is 0.605. The fourth-order valence-corrected chi connectivity index (χ4v) is 2.99. The van der Waals surface area contributed by atoms with E-state index in [9.17, 15) is 4.39 Å². The maximum Gasteiger partial charge on any atom is 0.192 e. The van der Waals surface area contributed by atoms with Crippen LogP contribution in [0.3, 0.4) is 0 Å². The highest BCUT2D eigenvalue weighted by Gasteiger charge is 2.16. The average molecular weight is 344 g/mol. The number of nitrogens with one attached hydrogen (secondary N) is 2. The number of rotatable bonds is 5. The van der Waals surface area contributed by atoms with E-state index >= 15 is 0 Å². The zero-order chi connectivity index (χ0) is 17.6. The maximum absolute atomic E-state index is 13.3. The van der Waals surface area contributed by atoms with E-state index in [0.29, 0.717) is 19.1 Å². The summed E-state index contributed by atoms with van der Waals surface area (Å²) in [6.07, 6.45) is 4.81. The van der Waals surface area contributed by atoms with Crippen molar-refractivity contribution in [3.63, 3.8) is 0 Å². The van der Waals surface area contributed by atoms with Crippen molar-refractivity contribution in [1.29, 1.82) is 0 Å². The van der Waals surface area contributed by atoms with Crippen molar-refractivity contribution in [1.82, 2.24) is 25.4 Å². The Labute approximate surface area is 147 Å². The Kier molecular flexibility index (Phi) is 5.63. The van der Waals surface area contributed by atoms with Crippen LogP contribution in [0.15, 0.2) is 29.3 Å². The highest BCUT2D eigenvalue weighted by atomic mass is 19.1. The molecule has 25 heavy (non-hydrogen) atoms. The minimum Gasteiger partial charge on any atom is -0.354 e. The van der Waals surface area contributed by atoms with Crippen LogP contribution in [-0.4, -0.2) is 26.8 Å². The molecule has 7 heteroatoms. The SMILES string of the molecule is Cc1nnc(CNC(=NCc2cccc(F)c2)NC2CCCC2)n1C. The molecule has 1 aliphatic rings. The summed E-state index contributed by atoms with van der Waals surface area (Å²) < 4.78 is 15.3. The molecule has 1 saturated carbocycles. The quantitative estimate of drug-likeness (QED) is 0.646. The number of aliphatic imine (C=N–C) groups is 1. The second-order valence-electron chi connectivity index (χ2n) is 6.50. The first-order chi connectivity index (χ1) is 12.1. The second-order valence-corrected chi connectivity index (χ2v) is 6.50. The molecule has 0 spiro atoms. The lowest BCUT2D eigenvalue weighted by atomic mass is 10.2. The summed E-state index contributed by atoms with van der Waals surface area (Å²) >= 11 is 0. The molecule has 1 aliphatic carbocycles. The number of aryl methyl sites for hydroxylation is 1. The highest BCUT2D eigenvalue weighted by Crippen LogP contribution is 2.17. The van der Waals surface area contributed by atoms with Gasteiger partial charge in [0.2, 0.25) is 0 Å². The Morgan fingerprint density at radius 3 is 2.80 bits per heavy atom.